The zero-order valence-electron chi connectivity index (χ0n) is 27.5. The van der Waals surface area contributed by atoms with Crippen molar-refractivity contribution < 1.29 is 0 Å². The van der Waals surface area contributed by atoms with Crippen molar-refractivity contribution in [2.45, 2.75) is 19.8 Å². The second kappa shape index (κ2) is 9.78. The van der Waals surface area contributed by atoms with Crippen LogP contribution in [0.2, 0.25) is 0 Å². The molecule has 11 aromatic carbocycles. The van der Waals surface area contributed by atoms with Crippen LogP contribution in [0.1, 0.15) is 25.3 Å². The van der Waals surface area contributed by atoms with Crippen molar-refractivity contribution >= 4 is 86.2 Å². The Labute approximate surface area is 284 Å². The molecule has 0 amide bonds. The second-order valence-corrected chi connectivity index (χ2v) is 14.3. The van der Waals surface area contributed by atoms with E-state index in [1.807, 2.05) is 0 Å². The average Bonchev–Trinajstić information content (AvgIpc) is 3.15. The highest BCUT2D eigenvalue weighted by Crippen LogP contribution is 2.46. The first-order chi connectivity index (χ1) is 24.1. The van der Waals surface area contributed by atoms with Gasteiger partial charge in [-0.2, -0.15) is 0 Å². The molecule has 0 aliphatic carbocycles. The lowest BCUT2D eigenvalue weighted by Crippen LogP contribution is -1.94. The first-order valence-electron chi connectivity index (χ1n) is 17.4. The van der Waals surface area contributed by atoms with E-state index in [9.17, 15) is 0 Å². The highest BCUT2D eigenvalue weighted by atomic mass is 14.2. The van der Waals surface area contributed by atoms with E-state index in [1.165, 1.54) is 114 Å². The van der Waals surface area contributed by atoms with Crippen LogP contribution < -0.4 is 0 Å². The van der Waals surface area contributed by atoms with E-state index in [1.54, 1.807) is 0 Å². The van der Waals surface area contributed by atoms with Gasteiger partial charge in [-0.1, -0.05) is 141 Å². The van der Waals surface area contributed by atoms with Gasteiger partial charge in [-0.05, 0) is 144 Å². The summed E-state index contributed by atoms with van der Waals surface area (Å²) in [5.41, 5.74) is 6.48. The van der Waals surface area contributed by atoms with Gasteiger partial charge in [-0.15, -0.1) is 0 Å². The van der Waals surface area contributed by atoms with E-state index in [2.05, 4.69) is 166 Å². The topological polar surface area (TPSA) is 0 Å². The van der Waals surface area contributed by atoms with E-state index >= 15 is 0 Å². The van der Waals surface area contributed by atoms with Crippen molar-refractivity contribution in [3.05, 3.63) is 157 Å². The summed E-state index contributed by atoms with van der Waals surface area (Å²) in [5.74, 6) is 0.461. The summed E-state index contributed by atoms with van der Waals surface area (Å²) >= 11 is 0. The Balaban J connectivity index is 1.08. The van der Waals surface area contributed by atoms with Crippen LogP contribution in [0.25, 0.3) is 108 Å². The lowest BCUT2D eigenvalue weighted by atomic mass is 9.83. The first-order valence-corrected chi connectivity index (χ1v) is 17.4. The average molecular weight is 621 g/mol. The molecule has 0 spiro atoms. The quantitative estimate of drug-likeness (QED) is 0.136. The van der Waals surface area contributed by atoms with Crippen LogP contribution in [0.5, 0.6) is 0 Å². The van der Waals surface area contributed by atoms with Crippen LogP contribution >= 0.6 is 0 Å². The van der Waals surface area contributed by atoms with Crippen LogP contribution in [-0.4, -0.2) is 0 Å². The predicted molar refractivity (Wildman–Crippen MR) is 214 cm³/mol. The molecule has 0 bridgehead atoms. The Bertz CT molecular complexity index is 3060. The summed E-state index contributed by atoms with van der Waals surface area (Å²) in [6, 6.07) is 57.5. The third-order valence-corrected chi connectivity index (χ3v) is 11.3. The molecule has 0 nitrogen and oxygen atoms in total. The summed E-state index contributed by atoms with van der Waals surface area (Å²) in [6.45, 7) is 4.61. The van der Waals surface area contributed by atoms with Gasteiger partial charge in [0.2, 0.25) is 0 Å². The third-order valence-electron chi connectivity index (χ3n) is 11.3. The molecule has 0 aromatic heterocycles. The maximum atomic E-state index is 2.38. The number of hydrogen-bond acceptors (Lipinski definition) is 0. The monoisotopic (exact) mass is 620 g/mol. The molecule has 0 N–H and O–H groups in total. The molecule has 0 heterocycles. The Morgan fingerprint density at radius 2 is 0.816 bits per heavy atom. The van der Waals surface area contributed by atoms with Crippen molar-refractivity contribution in [3.63, 3.8) is 0 Å². The van der Waals surface area contributed by atoms with E-state index in [0.29, 0.717) is 5.92 Å². The van der Waals surface area contributed by atoms with Crippen LogP contribution in [0.4, 0.5) is 0 Å². The van der Waals surface area contributed by atoms with Gasteiger partial charge in [0.05, 0.1) is 0 Å². The van der Waals surface area contributed by atoms with Crippen LogP contribution in [0.15, 0.2) is 152 Å². The van der Waals surface area contributed by atoms with Crippen molar-refractivity contribution in [2.24, 2.45) is 0 Å². The largest absolute Gasteiger partial charge is 0.0616 e. The lowest BCUT2D eigenvalue weighted by Gasteiger charge is -2.20. The van der Waals surface area contributed by atoms with Gasteiger partial charge in [0.1, 0.15) is 0 Å². The highest BCUT2D eigenvalue weighted by Gasteiger charge is 2.19. The molecule has 11 rings (SSSR count). The van der Waals surface area contributed by atoms with Crippen LogP contribution in [-0.2, 0) is 0 Å². The van der Waals surface area contributed by atoms with Gasteiger partial charge in [-0.3, -0.25) is 0 Å². The predicted octanol–water partition coefficient (Wildman–Crippen LogP) is 14.2. The standard InChI is InChI=1S/C49H32/c1-28(2)38-18-20-44-40-8-3-4-9-41(40)45-21-19-39(43-23-22-42(38)48(44)49(43)45)34-15-14-31-24-33(13-12-32(31)25-34)37-26-35-16-10-29-6-5-7-30-11-17-36(27-37)47(35)46(29)30/h3-28H,1-2H3. The maximum absolute atomic E-state index is 2.38. The van der Waals surface area contributed by atoms with Crippen molar-refractivity contribution in [1.29, 1.82) is 0 Å². The van der Waals surface area contributed by atoms with Crippen molar-refractivity contribution in [2.75, 3.05) is 0 Å². The number of rotatable bonds is 3. The summed E-state index contributed by atoms with van der Waals surface area (Å²) in [5, 5.41) is 21.3. The molecule has 0 saturated heterocycles. The molecule has 49 heavy (non-hydrogen) atoms. The van der Waals surface area contributed by atoms with E-state index in [-0.39, 0.29) is 0 Å². The normalized spacial score (nSPS) is 12.5. The molecule has 0 unspecified atom stereocenters. The van der Waals surface area contributed by atoms with Gasteiger partial charge in [0.15, 0.2) is 0 Å². The molecule has 0 fully saturated rings. The van der Waals surface area contributed by atoms with E-state index < -0.39 is 0 Å². The Morgan fingerprint density at radius 3 is 1.51 bits per heavy atom. The lowest BCUT2D eigenvalue weighted by molar-refractivity contribution is 0.877. The fourth-order valence-electron chi connectivity index (χ4n) is 8.98. The SMILES string of the molecule is CC(C)c1ccc2c3ccccc3c3ccc(-c4ccc5cc(-c6cc7ccc8cccc9ccc(c6)c7c89)ccc5c4)c4ccc1c2c43. The van der Waals surface area contributed by atoms with Crippen molar-refractivity contribution in [3.8, 4) is 22.3 Å². The first kappa shape index (κ1) is 27.0. The van der Waals surface area contributed by atoms with Gasteiger partial charge in [0.25, 0.3) is 0 Å². The third kappa shape index (κ3) is 3.75. The maximum Gasteiger partial charge on any atom is -0.00140 e. The summed E-state index contributed by atoms with van der Waals surface area (Å²) in [7, 11) is 0. The smallest absolute Gasteiger partial charge is 0.00140 e. The Hall–Kier alpha value is -5.98. The van der Waals surface area contributed by atoms with Gasteiger partial charge >= 0.3 is 0 Å². The fraction of sp³-hybridized carbons (Fsp3) is 0.0612. The zero-order valence-corrected chi connectivity index (χ0v) is 27.5. The molecule has 11 aromatic rings. The molecule has 0 atom stereocenters. The molecule has 0 aliphatic heterocycles. The molecular formula is C49H32. The summed E-state index contributed by atoms with van der Waals surface area (Å²) in [4.78, 5) is 0. The van der Waals surface area contributed by atoms with E-state index in [0.717, 1.165) is 0 Å². The highest BCUT2D eigenvalue weighted by molar-refractivity contribution is 6.35. The molecule has 0 radical (unpaired) electrons. The summed E-state index contributed by atoms with van der Waals surface area (Å²) in [6.07, 6.45) is 0. The minimum atomic E-state index is 0.461. The zero-order chi connectivity index (χ0) is 32.4. The number of fused-ring (bicyclic) bond motifs is 4. The molecule has 0 saturated carbocycles. The molecule has 0 heteroatoms. The van der Waals surface area contributed by atoms with Gasteiger partial charge in [-0.25, -0.2) is 0 Å². The fourth-order valence-corrected chi connectivity index (χ4v) is 8.98. The van der Waals surface area contributed by atoms with E-state index in [4.69, 9.17) is 0 Å². The number of benzene rings is 11. The van der Waals surface area contributed by atoms with Crippen molar-refractivity contribution in [1.82, 2.24) is 0 Å². The van der Waals surface area contributed by atoms with Crippen LogP contribution in [0.3, 0.4) is 0 Å². The van der Waals surface area contributed by atoms with Gasteiger partial charge < -0.3 is 0 Å². The minimum absolute atomic E-state index is 0.461. The second-order valence-electron chi connectivity index (χ2n) is 14.3. The molecule has 0 aliphatic rings. The molecule has 228 valence electrons. The van der Waals surface area contributed by atoms with Crippen LogP contribution in [0, 0.1) is 0 Å². The number of hydrogen-bond donors (Lipinski definition) is 0. The van der Waals surface area contributed by atoms with Gasteiger partial charge in [0, 0.05) is 0 Å². The summed E-state index contributed by atoms with van der Waals surface area (Å²) < 4.78 is 0. The Kier molecular flexibility index (Phi) is 5.39. The minimum Gasteiger partial charge on any atom is -0.0616 e. The molecular weight excluding hydrogens is 589 g/mol. The Morgan fingerprint density at radius 1 is 0.306 bits per heavy atom.